The van der Waals surface area contributed by atoms with Crippen LogP contribution in [0.3, 0.4) is 0 Å². The number of nitrogens with zero attached hydrogens (tertiary/aromatic N) is 3. The van der Waals surface area contributed by atoms with E-state index in [9.17, 15) is 26.7 Å². The summed E-state index contributed by atoms with van der Waals surface area (Å²) in [6.07, 6.45) is -5.03. The van der Waals surface area contributed by atoms with Crippen molar-refractivity contribution in [3.05, 3.63) is 53.2 Å². The highest BCUT2D eigenvalue weighted by Crippen LogP contribution is 2.38. The molecule has 1 aromatic heterocycles. The van der Waals surface area contributed by atoms with Crippen molar-refractivity contribution < 1.29 is 31.5 Å². The molecule has 1 fully saturated rings. The predicted octanol–water partition coefficient (Wildman–Crippen LogP) is 4.64. The van der Waals surface area contributed by atoms with E-state index >= 15 is 0 Å². The first kappa shape index (κ1) is 20.5. The quantitative estimate of drug-likeness (QED) is 0.691. The molecular weight excluding hydrogens is 397 g/mol. The topological polar surface area (TPSA) is 66.2 Å². The summed E-state index contributed by atoms with van der Waals surface area (Å²) >= 11 is 0. The summed E-state index contributed by atoms with van der Waals surface area (Å²) in [6, 6.07) is 7.83. The Hall–Kier alpha value is -3.22. The lowest BCUT2D eigenvalue weighted by molar-refractivity contribution is -0.138. The number of halogens is 5. The maximum Gasteiger partial charge on any atom is 0.421 e. The second kappa shape index (κ2) is 7.66. The van der Waals surface area contributed by atoms with Crippen molar-refractivity contribution in [2.75, 3.05) is 13.1 Å². The Kier molecular flexibility index (Phi) is 5.42. The minimum Gasteiger partial charge on any atom is -0.438 e. The van der Waals surface area contributed by atoms with Gasteiger partial charge in [-0.2, -0.15) is 18.4 Å². The zero-order chi connectivity index (χ0) is 21.2. The van der Waals surface area contributed by atoms with Crippen LogP contribution in [0.15, 0.2) is 36.5 Å². The summed E-state index contributed by atoms with van der Waals surface area (Å²) in [4.78, 5) is 17.1. The van der Waals surface area contributed by atoms with Gasteiger partial charge in [0.1, 0.15) is 11.3 Å². The molecule has 0 spiro atoms. The third kappa shape index (κ3) is 4.80. The lowest BCUT2D eigenvalue weighted by Crippen LogP contribution is -2.42. The predicted molar refractivity (Wildman–Crippen MR) is 90.6 cm³/mol. The van der Waals surface area contributed by atoms with Crippen LogP contribution in [-0.2, 0) is 6.18 Å². The van der Waals surface area contributed by atoms with Crippen LogP contribution in [0.2, 0.25) is 0 Å². The Labute approximate surface area is 162 Å². The summed E-state index contributed by atoms with van der Waals surface area (Å²) in [5, 5.41) is 8.76. The number of likely N-dealkylation sites (tertiary alicyclic amines) is 1. The fraction of sp³-hybridized carbons (Fsp3) is 0.316. The molecule has 0 aliphatic carbocycles. The average molecular weight is 411 g/mol. The van der Waals surface area contributed by atoms with Crippen molar-refractivity contribution in [3.63, 3.8) is 0 Å². The van der Waals surface area contributed by atoms with Crippen LogP contribution in [0, 0.1) is 11.3 Å². The molecule has 0 radical (unpaired) electrons. The molecule has 0 bridgehead atoms. The number of rotatable bonds is 3. The van der Waals surface area contributed by atoms with Crippen LogP contribution >= 0.6 is 0 Å². The highest BCUT2D eigenvalue weighted by molar-refractivity contribution is 5.94. The van der Waals surface area contributed by atoms with Crippen LogP contribution in [-0.4, -0.2) is 34.8 Å². The normalized spacial score (nSPS) is 16.2. The number of amides is 1. The Morgan fingerprint density at radius 3 is 2.34 bits per heavy atom. The fourth-order valence-corrected chi connectivity index (χ4v) is 2.78. The highest BCUT2D eigenvalue weighted by atomic mass is 19.4. The minimum atomic E-state index is -4.86. The van der Waals surface area contributed by atoms with Gasteiger partial charge >= 0.3 is 6.18 Å². The van der Waals surface area contributed by atoms with Crippen molar-refractivity contribution in [1.82, 2.24) is 9.88 Å². The first-order valence-corrected chi connectivity index (χ1v) is 8.51. The van der Waals surface area contributed by atoms with E-state index in [1.54, 1.807) is 0 Å². The molecule has 29 heavy (non-hydrogen) atoms. The number of pyridine rings is 1. The van der Waals surface area contributed by atoms with E-state index in [-0.39, 0.29) is 24.4 Å². The first-order valence-electron chi connectivity index (χ1n) is 8.51. The number of hydrogen-bond acceptors (Lipinski definition) is 4. The lowest BCUT2D eigenvalue weighted by atomic mass is 10.1. The molecule has 2 aromatic rings. The van der Waals surface area contributed by atoms with Crippen LogP contribution in [0.25, 0.3) is 0 Å². The van der Waals surface area contributed by atoms with Crippen molar-refractivity contribution in [1.29, 1.82) is 5.26 Å². The summed E-state index contributed by atoms with van der Waals surface area (Å²) < 4.78 is 72.1. The van der Waals surface area contributed by atoms with Gasteiger partial charge in [0, 0.05) is 32.1 Å². The van der Waals surface area contributed by atoms with Gasteiger partial charge in [-0.1, -0.05) is 0 Å². The van der Waals surface area contributed by atoms with Gasteiger partial charge < -0.3 is 9.64 Å². The van der Waals surface area contributed by atoms with Crippen molar-refractivity contribution in [3.8, 4) is 17.7 Å². The van der Waals surface area contributed by atoms with E-state index in [1.165, 1.54) is 24.3 Å². The third-order valence-electron chi connectivity index (χ3n) is 4.38. The van der Waals surface area contributed by atoms with Gasteiger partial charge in [0.25, 0.3) is 11.8 Å². The maximum absolute atomic E-state index is 13.5. The van der Waals surface area contributed by atoms with Gasteiger partial charge in [-0.05, 0) is 30.3 Å². The number of carbonyl (C=O) groups excluding carboxylic acids is 1. The van der Waals surface area contributed by atoms with E-state index in [4.69, 9.17) is 10.00 Å². The summed E-state index contributed by atoms with van der Waals surface area (Å²) in [5.74, 6) is -4.42. The number of hydrogen-bond donors (Lipinski definition) is 0. The lowest BCUT2D eigenvalue weighted by Gasteiger charge is -2.31. The fourth-order valence-electron chi connectivity index (χ4n) is 2.78. The molecule has 1 aliphatic rings. The standard InChI is InChI=1S/C19H14F5N3O2/c20-18(21)5-7-27(8-6-18)17(28)13-9-15(19(22,23)24)16(26-11-13)29-14-3-1-12(10-25)2-4-14/h1-4,9,11H,5-8H2. The van der Waals surface area contributed by atoms with Gasteiger partial charge in [-0.3, -0.25) is 4.79 Å². The Balaban J connectivity index is 1.86. The summed E-state index contributed by atoms with van der Waals surface area (Å²) in [7, 11) is 0. The van der Waals surface area contributed by atoms with Crippen molar-refractivity contribution in [2.45, 2.75) is 24.9 Å². The first-order chi connectivity index (χ1) is 13.6. The number of alkyl halides is 5. The van der Waals surface area contributed by atoms with Gasteiger partial charge in [-0.15, -0.1) is 0 Å². The molecule has 2 heterocycles. The second-order valence-corrected chi connectivity index (χ2v) is 6.46. The largest absolute Gasteiger partial charge is 0.438 e. The molecule has 152 valence electrons. The monoisotopic (exact) mass is 411 g/mol. The van der Waals surface area contributed by atoms with Crippen molar-refractivity contribution in [2.24, 2.45) is 0 Å². The van der Waals surface area contributed by atoms with Crippen LogP contribution < -0.4 is 4.74 Å². The van der Waals surface area contributed by atoms with Gasteiger partial charge in [0.2, 0.25) is 5.88 Å². The second-order valence-electron chi connectivity index (χ2n) is 6.46. The molecule has 1 amide bonds. The zero-order valence-electron chi connectivity index (χ0n) is 14.8. The summed E-state index contributed by atoms with van der Waals surface area (Å²) in [6.45, 7) is -0.507. The highest BCUT2D eigenvalue weighted by Gasteiger charge is 2.39. The summed E-state index contributed by atoms with van der Waals surface area (Å²) in [5.41, 5.74) is -1.33. The molecule has 0 saturated carbocycles. The number of aromatic nitrogens is 1. The molecule has 5 nitrogen and oxygen atoms in total. The molecule has 1 aromatic carbocycles. The zero-order valence-corrected chi connectivity index (χ0v) is 14.8. The smallest absolute Gasteiger partial charge is 0.421 e. The number of piperidine rings is 1. The average Bonchev–Trinajstić information content (AvgIpc) is 2.67. The molecule has 10 heteroatoms. The van der Waals surface area contributed by atoms with Crippen LogP contribution in [0.1, 0.15) is 34.3 Å². The molecule has 3 rings (SSSR count). The van der Waals surface area contributed by atoms with Gasteiger partial charge in [0.15, 0.2) is 0 Å². The minimum absolute atomic E-state index is 0.0272. The van der Waals surface area contributed by atoms with E-state index < -0.39 is 42.3 Å². The molecular formula is C19H14F5N3O2. The SMILES string of the molecule is N#Cc1ccc(Oc2ncc(C(=O)N3CCC(F)(F)CC3)cc2C(F)(F)F)cc1. The van der Waals surface area contributed by atoms with E-state index in [2.05, 4.69) is 4.98 Å². The van der Waals surface area contributed by atoms with Gasteiger partial charge in [-0.25, -0.2) is 13.8 Å². The van der Waals surface area contributed by atoms with E-state index in [0.717, 1.165) is 11.1 Å². The van der Waals surface area contributed by atoms with Crippen LogP contribution in [0.5, 0.6) is 11.6 Å². The molecule has 0 unspecified atom stereocenters. The number of nitriles is 1. The van der Waals surface area contributed by atoms with Crippen LogP contribution in [0.4, 0.5) is 22.0 Å². The maximum atomic E-state index is 13.5. The Morgan fingerprint density at radius 2 is 1.79 bits per heavy atom. The van der Waals surface area contributed by atoms with Crippen molar-refractivity contribution >= 4 is 5.91 Å². The molecule has 1 aliphatic heterocycles. The van der Waals surface area contributed by atoms with E-state index in [1.807, 2.05) is 6.07 Å². The number of carbonyl (C=O) groups is 1. The Morgan fingerprint density at radius 1 is 1.17 bits per heavy atom. The van der Waals surface area contributed by atoms with Gasteiger partial charge in [0.05, 0.1) is 17.2 Å². The third-order valence-corrected chi connectivity index (χ3v) is 4.38. The Bertz CT molecular complexity index is 942. The molecule has 0 N–H and O–H groups in total. The number of ether oxygens (including phenoxy) is 1. The number of benzene rings is 1. The molecule has 0 atom stereocenters. The van der Waals surface area contributed by atoms with E-state index in [0.29, 0.717) is 11.6 Å². The molecule has 1 saturated heterocycles.